The highest BCUT2D eigenvalue weighted by Gasteiger charge is 2.40. The quantitative estimate of drug-likeness (QED) is 0.517. The van der Waals surface area contributed by atoms with E-state index in [0.717, 1.165) is 5.56 Å². The van der Waals surface area contributed by atoms with Gasteiger partial charge in [-0.25, -0.2) is 4.79 Å². The van der Waals surface area contributed by atoms with Crippen molar-refractivity contribution in [1.29, 1.82) is 5.26 Å². The summed E-state index contributed by atoms with van der Waals surface area (Å²) in [5.74, 6) is -0.681. The summed E-state index contributed by atoms with van der Waals surface area (Å²) in [5.41, 5.74) is 0.386. The summed E-state index contributed by atoms with van der Waals surface area (Å²) in [4.78, 5) is 25.3. The predicted octanol–water partition coefficient (Wildman–Crippen LogP) is 3.55. The first-order chi connectivity index (χ1) is 15.3. The Kier molecular flexibility index (Phi) is 5.31. The van der Waals surface area contributed by atoms with Crippen molar-refractivity contribution in [3.63, 3.8) is 0 Å². The van der Waals surface area contributed by atoms with Gasteiger partial charge in [0.15, 0.2) is 5.60 Å². The molecule has 1 atom stereocenters. The average molecular weight is 425 g/mol. The largest absolute Gasteiger partial charge is 0.372 e. The summed E-state index contributed by atoms with van der Waals surface area (Å²) >= 11 is 0. The maximum atomic E-state index is 13.4. The first-order valence-corrected chi connectivity index (χ1v) is 9.85. The molecule has 0 aliphatic rings. The number of nitrogens with one attached hydrogen (secondary N) is 1. The Balaban J connectivity index is 1.79. The van der Waals surface area contributed by atoms with E-state index in [-0.39, 0.29) is 0 Å². The second-order valence-corrected chi connectivity index (χ2v) is 7.54. The van der Waals surface area contributed by atoms with Crippen LogP contribution in [0.5, 0.6) is 0 Å². The van der Waals surface area contributed by atoms with Crippen LogP contribution in [0.3, 0.4) is 0 Å². The number of amides is 1. The van der Waals surface area contributed by atoms with Gasteiger partial charge >= 0.3 is 5.63 Å². The minimum Gasteiger partial charge on any atom is -0.372 e. The number of fused-ring (bicyclic) bond motifs is 1. The standard InChI is InChI=1S/C25H19N3O4/c1-15-3-7-18(8-4-15)25(31,19-9-5-17(14-26)6-10-19)24(30)27-20-11-12-21-22(13-20)16(2)28-32-23(21)29/h3-13,31H,1-2H3,(H,27,30). The van der Waals surface area contributed by atoms with Crippen molar-refractivity contribution in [2.75, 3.05) is 5.32 Å². The van der Waals surface area contributed by atoms with Gasteiger partial charge in [-0.05, 0) is 55.3 Å². The van der Waals surface area contributed by atoms with Crippen molar-refractivity contribution in [3.05, 3.63) is 105 Å². The molecule has 0 spiro atoms. The van der Waals surface area contributed by atoms with E-state index < -0.39 is 17.1 Å². The van der Waals surface area contributed by atoms with Gasteiger partial charge in [0, 0.05) is 11.1 Å². The molecule has 3 aromatic carbocycles. The Morgan fingerprint density at radius 1 is 1.00 bits per heavy atom. The fourth-order valence-electron chi connectivity index (χ4n) is 3.54. The molecule has 1 aromatic heterocycles. The lowest BCUT2D eigenvalue weighted by Gasteiger charge is -2.28. The van der Waals surface area contributed by atoms with Gasteiger partial charge < -0.3 is 14.9 Å². The van der Waals surface area contributed by atoms with Crippen molar-refractivity contribution in [3.8, 4) is 6.07 Å². The van der Waals surface area contributed by atoms with Gasteiger partial charge in [0.1, 0.15) is 0 Å². The molecule has 7 heteroatoms. The molecule has 4 rings (SSSR count). The molecule has 1 heterocycles. The minimum absolute atomic E-state index is 0.317. The molecular formula is C25H19N3O4. The first kappa shape index (κ1) is 21.0. The molecule has 158 valence electrons. The topological polar surface area (TPSA) is 116 Å². The molecule has 0 aliphatic carbocycles. The number of carbonyl (C=O) groups is 1. The second kappa shape index (κ2) is 8.10. The van der Waals surface area contributed by atoms with Crippen LogP contribution >= 0.6 is 0 Å². The third-order valence-electron chi connectivity index (χ3n) is 5.38. The molecule has 0 aliphatic heterocycles. The molecule has 1 unspecified atom stereocenters. The number of aryl methyl sites for hydroxylation is 2. The zero-order valence-corrected chi connectivity index (χ0v) is 17.4. The van der Waals surface area contributed by atoms with Gasteiger partial charge in [0.05, 0.1) is 22.7 Å². The van der Waals surface area contributed by atoms with Crippen LogP contribution in [0.2, 0.25) is 0 Å². The third kappa shape index (κ3) is 3.64. The number of aliphatic hydroxyl groups is 1. The molecule has 1 amide bonds. The van der Waals surface area contributed by atoms with Crippen molar-refractivity contribution in [2.45, 2.75) is 19.4 Å². The fraction of sp³-hybridized carbons (Fsp3) is 0.120. The Morgan fingerprint density at radius 2 is 1.62 bits per heavy atom. The van der Waals surface area contributed by atoms with Gasteiger partial charge in [-0.2, -0.15) is 5.26 Å². The Hall–Kier alpha value is -4.28. The van der Waals surface area contributed by atoms with Gasteiger partial charge in [-0.3, -0.25) is 4.79 Å². The van der Waals surface area contributed by atoms with Crippen LogP contribution in [-0.2, 0) is 10.4 Å². The van der Waals surface area contributed by atoms with E-state index in [0.29, 0.717) is 38.8 Å². The molecular weight excluding hydrogens is 406 g/mol. The van der Waals surface area contributed by atoms with E-state index in [1.807, 2.05) is 25.1 Å². The summed E-state index contributed by atoms with van der Waals surface area (Å²) in [7, 11) is 0. The van der Waals surface area contributed by atoms with Crippen LogP contribution in [-0.4, -0.2) is 16.2 Å². The lowest BCUT2D eigenvalue weighted by molar-refractivity contribution is -0.131. The normalized spacial score (nSPS) is 12.7. The highest BCUT2D eigenvalue weighted by atomic mass is 16.5. The predicted molar refractivity (Wildman–Crippen MR) is 119 cm³/mol. The van der Waals surface area contributed by atoms with Crippen LogP contribution in [0, 0.1) is 25.2 Å². The molecule has 32 heavy (non-hydrogen) atoms. The molecule has 0 saturated heterocycles. The number of nitrogens with zero attached hydrogens (tertiary/aromatic N) is 2. The zero-order chi connectivity index (χ0) is 22.9. The van der Waals surface area contributed by atoms with Crippen molar-refractivity contribution in [2.24, 2.45) is 0 Å². The Morgan fingerprint density at radius 3 is 2.25 bits per heavy atom. The van der Waals surface area contributed by atoms with E-state index in [1.54, 1.807) is 55.5 Å². The molecule has 7 nitrogen and oxygen atoms in total. The van der Waals surface area contributed by atoms with E-state index >= 15 is 0 Å². The molecule has 0 fully saturated rings. The lowest BCUT2D eigenvalue weighted by atomic mass is 9.84. The number of rotatable bonds is 4. The van der Waals surface area contributed by atoms with Crippen molar-refractivity contribution >= 4 is 22.4 Å². The highest BCUT2D eigenvalue weighted by molar-refractivity contribution is 6.01. The smallest absolute Gasteiger partial charge is 0.366 e. The van der Waals surface area contributed by atoms with Crippen molar-refractivity contribution in [1.82, 2.24) is 5.16 Å². The van der Waals surface area contributed by atoms with Gasteiger partial charge in [-0.15, -0.1) is 0 Å². The summed E-state index contributed by atoms with van der Waals surface area (Å²) in [6, 6.07) is 19.9. The Labute approximate surface area is 183 Å². The summed E-state index contributed by atoms with van der Waals surface area (Å²) in [5, 5.41) is 28.1. The second-order valence-electron chi connectivity index (χ2n) is 7.54. The highest BCUT2D eigenvalue weighted by Crippen LogP contribution is 2.32. The number of hydrogen-bond acceptors (Lipinski definition) is 6. The minimum atomic E-state index is -2.01. The lowest BCUT2D eigenvalue weighted by Crippen LogP contribution is -2.41. The molecule has 0 saturated carbocycles. The van der Waals surface area contributed by atoms with Crippen LogP contribution in [0.4, 0.5) is 5.69 Å². The summed E-state index contributed by atoms with van der Waals surface area (Å²) < 4.78 is 4.73. The van der Waals surface area contributed by atoms with E-state index in [9.17, 15) is 14.7 Å². The number of nitriles is 1. The molecule has 0 radical (unpaired) electrons. The van der Waals surface area contributed by atoms with Crippen LogP contribution < -0.4 is 10.9 Å². The number of carbonyl (C=O) groups excluding carboxylic acids is 1. The maximum Gasteiger partial charge on any atom is 0.366 e. The van der Waals surface area contributed by atoms with Gasteiger partial charge in [0.25, 0.3) is 5.91 Å². The number of aromatic nitrogens is 1. The SMILES string of the molecule is Cc1ccc(C(O)(C(=O)Nc2ccc3c(=O)onc(C)c3c2)c2ccc(C#N)cc2)cc1. The third-order valence-corrected chi connectivity index (χ3v) is 5.38. The molecule has 4 aromatic rings. The molecule has 0 bridgehead atoms. The molecule has 2 N–H and O–H groups in total. The van der Waals surface area contributed by atoms with Crippen LogP contribution in [0.1, 0.15) is 27.9 Å². The Bertz CT molecular complexity index is 1420. The van der Waals surface area contributed by atoms with Crippen molar-refractivity contribution < 1.29 is 14.4 Å². The van der Waals surface area contributed by atoms with Gasteiger partial charge in [-0.1, -0.05) is 47.1 Å². The summed E-state index contributed by atoms with van der Waals surface area (Å²) in [6.45, 7) is 3.60. The maximum absolute atomic E-state index is 13.4. The van der Waals surface area contributed by atoms with E-state index in [4.69, 9.17) is 9.78 Å². The fourth-order valence-corrected chi connectivity index (χ4v) is 3.54. The summed E-state index contributed by atoms with van der Waals surface area (Å²) in [6.07, 6.45) is 0. The van der Waals surface area contributed by atoms with Crippen LogP contribution in [0.25, 0.3) is 10.8 Å². The van der Waals surface area contributed by atoms with E-state index in [2.05, 4.69) is 10.5 Å². The zero-order valence-electron chi connectivity index (χ0n) is 17.4. The number of anilines is 1. The first-order valence-electron chi connectivity index (χ1n) is 9.85. The average Bonchev–Trinajstić information content (AvgIpc) is 2.81. The number of hydrogen-bond donors (Lipinski definition) is 2. The number of benzene rings is 3. The van der Waals surface area contributed by atoms with Crippen LogP contribution in [0.15, 0.2) is 76.0 Å². The van der Waals surface area contributed by atoms with E-state index in [1.165, 1.54) is 6.07 Å². The van der Waals surface area contributed by atoms with Gasteiger partial charge in [0.2, 0.25) is 0 Å². The monoisotopic (exact) mass is 425 g/mol.